The number of hydrogen-bond acceptors (Lipinski definition) is 4. The molecule has 1 heterocycles. The Labute approximate surface area is 126 Å². The number of allylic oxidation sites excluding steroid dienone is 1. The quantitative estimate of drug-likeness (QED) is 0.870. The Kier molecular flexibility index (Phi) is 5.99. The third-order valence-corrected chi connectivity index (χ3v) is 3.86. The molecule has 6 heteroatoms. The van der Waals surface area contributed by atoms with Crippen LogP contribution in [-0.4, -0.2) is 43.0 Å². The second-order valence-electron chi connectivity index (χ2n) is 4.88. The van der Waals surface area contributed by atoms with Gasteiger partial charge in [-0.25, -0.2) is 0 Å². The highest BCUT2D eigenvalue weighted by molar-refractivity contribution is 7.85. The summed E-state index contributed by atoms with van der Waals surface area (Å²) in [6.07, 6.45) is 4.20. The first kappa shape index (κ1) is 17.3. The van der Waals surface area contributed by atoms with Crippen molar-refractivity contribution < 1.29 is 13.0 Å². The zero-order valence-corrected chi connectivity index (χ0v) is 13.5. The smallest absolute Gasteiger partial charge is 0.294 e. The van der Waals surface area contributed by atoms with E-state index in [0.717, 1.165) is 24.4 Å². The summed E-state index contributed by atoms with van der Waals surface area (Å²) in [7, 11) is -2.00. The van der Waals surface area contributed by atoms with Gasteiger partial charge in [0.25, 0.3) is 10.1 Å². The Bertz CT molecular complexity index is 606. The van der Waals surface area contributed by atoms with Crippen molar-refractivity contribution in [1.29, 1.82) is 0 Å². The predicted octanol–water partition coefficient (Wildman–Crippen LogP) is 2.65. The molecule has 0 bridgehead atoms. The van der Waals surface area contributed by atoms with Crippen molar-refractivity contribution in [2.45, 2.75) is 18.7 Å². The molecule has 0 amide bonds. The van der Waals surface area contributed by atoms with E-state index in [2.05, 4.69) is 42.8 Å². The molecule has 0 spiro atoms. The second-order valence-corrected chi connectivity index (χ2v) is 6.30. The number of nitrogens with zero attached hydrogens (tertiary/aromatic N) is 2. The van der Waals surface area contributed by atoms with Crippen LogP contribution in [0.5, 0.6) is 0 Å². The van der Waals surface area contributed by atoms with Gasteiger partial charge < -0.3 is 9.80 Å². The summed E-state index contributed by atoms with van der Waals surface area (Å²) in [6, 6.07) is 5.90. The van der Waals surface area contributed by atoms with Gasteiger partial charge in [-0.2, -0.15) is 8.42 Å². The van der Waals surface area contributed by atoms with Gasteiger partial charge in [0.1, 0.15) is 0 Å². The topological polar surface area (TPSA) is 60.9 Å². The summed E-state index contributed by atoms with van der Waals surface area (Å²) in [4.78, 5) is 4.31. The maximum atomic E-state index is 10.6. The van der Waals surface area contributed by atoms with Crippen LogP contribution in [0.25, 0.3) is 5.57 Å². The molecular weight excluding hydrogens is 288 g/mol. The van der Waals surface area contributed by atoms with Crippen molar-refractivity contribution in [1.82, 2.24) is 9.80 Å². The minimum absolute atomic E-state index is 0.0995. The molecule has 0 saturated carbocycles. The van der Waals surface area contributed by atoms with Crippen LogP contribution in [0.1, 0.15) is 19.4 Å². The van der Waals surface area contributed by atoms with E-state index in [9.17, 15) is 8.42 Å². The fraction of sp³-hybridized carbons (Fsp3) is 0.333. The summed E-state index contributed by atoms with van der Waals surface area (Å²) in [6.45, 7) is 9.85. The van der Waals surface area contributed by atoms with E-state index in [1.807, 2.05) is 6.92 Å². The first-order valence-electron chi connectivity index (χ1n) is 6.60. The van der Waals surface area contributed by atoms with E-state index in [1.165, 1.54) is 12.1 Å². The summed E-state index contributed by atoms with van der Waals surface area (Å²) in [5.74, 6) is 0. The second kappa shape index (κ2) is 7.28. The molecule has 5 nitrogen and oxygen atoms in total. The van der Waals surface area contributed by atoms with Crippen LogP contribution in [0, 0.1) is 0 Å². The predicted molar refractivity (Wildman–Crippen MR) is 85.1 cm³/mol. The first-order chi connectivity index (χ1) is 9.74. The average molecular weight is 310 g/mol. The molecule has 1 aliphatic heterocycles. The Balaban J connectivity index is 0.000000235. The molecule has 21 heavy (non-hydrogen) atoms. The third-order valence-electron chi connectivity index (χ3n) is 2.99. The van der Waals surface area contributed by atoms with Crippen molar-refractivity contribution in [3.8, 4) is 0 Å². The van der Waals surface area contributed by atoms with Crippen LogP contribution < -0.4 is 0 Å². The van der Waals surface area contributed by atoms with Gasteiger partial charge in [0.15, 0.2) is 0 Å². The molecule has 1 aromatic rings. The standard InChI is InChI=1S/C9H10O3S.C6H12N2/c1-7(2)8-3-5-9(6-4-8)13(10,11)12;1-3-8-5-4-7(2)6-8/h3-6H,1H2,2H3,(H,10,11,12);4-5H,3,6H2,1-2H3. The van der Waals surface area contributed by atoms with Gasteiger partial charge in [0.05, 0.1) is 11.6 Å². The maximum Gasteiger partial charge on any atom is 0.294 e. The van der Waals surface area contributed by atoms with E-state index in [0.29, 0.717) is 0 Å². The minimum atomic E-state index is -4.07. The molecule has 0 fully saturated rings. The van der Waals surface area contributed by atoms with Crippen molar-refractivity contribution in [2.75, 3.05) is 20.3 Å². The van der Waals surface area contributed by atoms with Crippen molar-refractivity contribution in [2.24, 2.45) is 0 Å². The van der Waals surface area contributed by atoms with Crippen LogP contribution >= 0.6 is 0 Å². The fourth-order valence-corrected chi connectivity index (χ4v) is 2.19. The lowest BCUT2D eigenvalue weighted by Gasteiger charge is -2.14. The molecule has 0 radical (unpaired) electrons. The lowest BCUT2D eigenvalue weighted by molar-refractivity contribution is 0.308. The van der Waals surface area contributed by atoms with Gasteiger partial charge in [-0.3, -0.25) is 4.55 Å². The number of hydrogen-bond donors (Lipinski definition) is 1. The van der Waals surface area contributed by atoms with Crippen molar-refractivity contribution in [3.05, 3.63) is 48.8 Å². The largest absolute Gasteiger partial charge is 0.362 e. The molecule has 0 aliphatic carbocycles. The molecule has 1 N–H and O–H groups in total. The number of benzene rings is 1. The summed E-state index contributed by atoms with van der Waals surface area (Å²) in [5, 5.41) is 0. The van der Waals surface area contributed by atoms with Gasteiger partial charge in [-0.05, 0) is 31.5 Å². The van der Waals surface area contributed by atoms with Gasteiger partial charge in [0.2, 0.25) is 0 Å². The van der Waals surface area contributed by atoms with E-state index in [4.69, 9.17) is 4.55 Å². The molecule has 0 saturated heterocycles. The Hall–Kier alpha value is -1.79. The fourth-order valence-electron chi connectivity index (χ4n) is 1.71. The highest BCUT2D eigenvalue weighted by atomic mass is 32.2. The molecule has 0 unspecified atom stereocenters. The van der Waals surface area contributed by atoms with Crippen molar-refractivity contribution >= 4 is 15.7 Å². The van der Waals surface area contributed by atoms with E-state index < -0.39 is 10.1 Å². The van der Waals surface area contributed by atoms with Crippen LogP contribution in [0.15, 0.2) is 48.1 Å². The van der Waals surface area contributed by atoms with Crippen LogP contribution in [0.3, 0.4) is 0 Å². The average Bonchev–Trinajstić information content (AvgIpc) is 2.84. The normalized spacial score (nSPS) is 13.9. The highest BCUT2D eigenvalue weighted by Gasteiger charge is 2.08. The van der Waals surface area contributed by atoms with Crippen LogP contribution in [0.4, 0.5) is 0 Å². The summed E-state index contributed by atoms with van der Waals surface area (Å²) < 4.78 is 30.0. The molecule has 2 rings (SSSR count). The third kappa shape index (κ3) is 5.61. The van der Waals surface area contributed by atoms with Gasteiger partial charge in [0, 0.05) is 26.0 Å². The van der Waals surface area contributed by atoms with Crippen LogP contribution in [0.2, 0.25) is 0 Å². The molecule has 1 aliphatic rings. The SMILES string of the molecule is C=C(C)c1ccc(S(=O)(=O)O)cc1.CCN1C=CN(C)C1. The molecule has 116 valence electrons. The molecule has 0 aromatic heterocycles. The monoisotopic (exact) mass is 310 g/mol. The maximum absolute atomic E-state index is 10.6. The van der Waals surface area contributed by atoms with E-state index >= 15 is 0 Å². The zero-order chi connectivity index (χ0) is 16.0. The Morgan fingerprint density at radius 3 is 2.14 bits per heavy atom. The van der Waals surface area contributed by atoms with Crippen molar-refractivity contribution in [3.63, 3.8) is 0 Å². The summed E-state index contributed by atoms with van der Waals surface area (Å²) >= 11 is 0. The Morgan fingerprint density at radius 1 is 1.29 bits per heavy atom. The molecule has 0 atom stereocenters. The van der Waals surface area contributed by atoms with Gasteiger partial charge in [-0.15, -0.1) is 0 Å². The Morgan fingerprint density at radius 2 is 1.86 bits per heavy atom. The highest BCUT2D eigenvalue weighted by Crippen LogP contribution is 2.15. The van der Waals surface area contributed by atoms with Gasteiger partial charge >= 0.3 is 0 Å². The lowest BCUT2D eigenvalue weighted by Crippen LogP contribution is -2.21. The molecule has 1 aromatic carbocycles. The lowest BCUT2D eigenvalue weighted by atomic mass is 10.1. The summed E-state index contributed by atoms with van der Waals surface area (Å²) in [5.41, 5.74) is 1.70. The number of rotatable bonds is 3. The first-order valence-corrected chi connectivity index (χ1v) is 8.04. The van der Waals surface area contributed by atoms with E-state index in [1.54, 1.807) is 12.1 Å². The molecular formula is C15H22N2O3S. The minimum Gasteiger partial charge on any atom is -0.362 e. The van der Waals surface area contributed by atoms with Gasteiger partial charge in [-0.1, -0.05) is 24.3 Å². The van der Waals surface area contributed by atoms with Crippen LogP contribution in [-0.2, 0) is 10.1 Å². The van der Waals surface area contributed by atoms with E-state index in [-0.39, 0.29) is 4.90 Å². The zero-order valence-electron chi connectivity index (χ0n) is 12.7.